The van der Waals surface area contributed by atoms with Crippen LogP contribution in [0, 0.1) is 0 Å². The number of nitrogens with zero attached hydrogens (tertiary/aromatic N) is 3. The third-order valence-corrected chi connectivity index (χ3v) is 2.36. The Labute approximate surface area is 94.0 Å². The van der Waals surface area contributed by atoms with Crippen LogP contribution < -0.4 is 0 Å². The lowest BCUT2D eigenvalue weighted by Gasteiger charge is -2.06. The second-order valence-electron chi connectivity index (χ2n) is 3.52. The van der Waals surface area contributed by atoms with Gasteiger partial charge in [-0.15, -0.1) is 0 Å². The average molecular weight is 215 g/mol. The molecule has 4 nitrogen and oxygen atoms in total. The maximum Gasteiger partial charge on any atom is 0.168 e. The van der Waals surface area contributed by atoms with E-state index in [1.807, 2.05) is 16.8 Å². The minimum absolute atomic E-state index is 0.445. The van der Waals surface area contributed by atoms with Gasteiger partial charge in [-0.2, -0.15) is 0 Å². The number of carbonyl (C=O) groups excluding carboxylic acids is 1. The van der Waals surface area contributed by atoms with Crippen LogP contribution in [0.1, 0.15) is 29.7 Å². The molecule has 0 fully saturated rings. The first-order chi connectivity index (χ1) is 7.85. The van der Waals surface area contributed by atoms with Crippen LogP contribution in [-0.4, -0.2) is 20.8 Å². The molecule has 0 aliphatic carbocycles. The standard InChI is InChI=1S/C12H13N3O/c1-2-3-12-13-6-7-15(12)11-5-4-10(9-16)14-8-11/h4-9H,2-3H2,1H3. The summed E-state index contributed by atoms with van der Waals surface area (Å²) < 4.78 is 1.99. The van der Waals surface area contributed by atoms with Gasteiger partial charge in [0.2, 0.25) is 0 Å². The van der Waals surface area contributed by atoms with E-state index in [0.717, 1.165) is 30.6 Å². The summed E-state index contributed by atoms with van der Waals surface area (Å²) in [6.45, 7) is 2.12. The number of imidazole rings is 1. The molecule has 0 saturated heterocycles. The van der Waals surface area contributed by atoms with E-state index in [1.54, 1.807) is 18.5 Å². The molecule has 0 atom stereocenters. The van der Waals surface area contributed by atoms with Crippen molar-refractivity contribution in [3.05, 3.63) is 42.2 Å². The third-order valence-electron chi connectivity index (χ3n) is 2.36. The zero-order chi connectivity index (χ0) is 11.4. The van der Waals surface area contributed by atoms with E-state index in [-0.39, 0.29) is 0 Å². The number of pyridine rings is 1. The Bertz CT molecular complexity index is 473. The van der Waals surface area contributed by atoms with Crippen molar-refractivity contribution in [3.8, 4) is 5.69 Å². The van der Waals surface area contributed by atoms with Crippen molar-refractivity contribution in [1.82, 2.24) is 14.5 Å². The molecule has 0 unspecified atom stereocenters. The zero-order valence-corrected chi connectivity index (χ0v) is 9.13. The summed E-state index contributed by atoms with van der Waals surface area (Å²) >= 11 is 0. The molecule has 16 heavy (non-hydrogen) atoms. The Hall–Kier alpha value is -1.97. The van der Waals surface area contributed by atoms with Crippen LogP contribution in [0.25, 0.3) is 5.69 Å². The molecule has 0 aliphatic heterocycles. The monoisotopic (exact) mass is 215 g/mol. The molecule has 0 aromatic carbocycles. The van der Waals surface area contributed by atoms with E-state index in [2.05, 4.69) is 16.9 Å². The Kier molecular flexibility index (Phi) is 3.10. The van der Waals surface area contributed by atoms with E-state index >= 15 is 0 Å². The Balaban J connectivity index is 2.34. The van der Waals surface area contributed by atoms with Gasteiger partial charge >= 0.3 is 0 Å². The summed E-state index contributed by atoms with van der Waals surface area (Å²) in [5, 5.41) is 0. The van der Waals surface area contributed by atoms with E-state index in [0.29, 0.717) is 5.69 Å². The molecule has 0 aliphatic rings. The van der Waals surface area contributed by atoms with Crippen LogP contribution in [0.4, 0.5) is 0 Å². The number of aldehydes is 1. The average Bonchev–Trinajstić information content (AvgIpc) is 2.78. The number of aromatic nitrogens is 3. The van der Waals surface area contributed by atoms with Crippen LogP contribution in [0.2, 0.25) is 0 Å². The molecule has 0 radical (unpaired) electrons. The quantitative estimate of drug-likeness (QED) is 0.733. The number of hydrogen-bond donors (Lipinski definition) is 0. The Morgan fingerprint density at radius 2 is 2.25 bits per heavy atom. The summed E-state index contributed by atoms with van der Waals surface area (Å²) in [4.78, 5) is 18.8. The second kappa shape index (κ2) is 4.70. The van der Waals surface area contributed by atoms with Crippen molar-refractivity contribution < 1.29 is 4.79 Å². The fraction of sp³-hybridized carbons (Fsp3) is 0.250. The fourth-order valence-corrected chi connectivity index (χ4v) is 1.59. The van der Waals surface area contributed by atoms with Gasteiger partial charge in [0.25, 0.3) is 0 Å². The molecule has 82 valence electrons. The van der Waals surface area contributed by atoms with Crippen molar-refractivity contribution in [2.75, 3.05) is 0 Å². The zero-order valence-electron chi connectivity index (χ0n) is 9.13. The first kappa shape index (κ1) is 10.5. The highest BCUT2D eigenvalue weighted by Gasteiger charge is 2.04. The third kappa shape index (κ3) is 2.00. The first-order valence-electron chi connectivity index (χ1n) is 5.29. The lowest BCUT2D eigenvalue weighted by molar-refractivity contribution is 0.111. The van der Waals surface area contributed by atoms with Gasteiger partial charge in [0.05, 0.1) is 11.9 Å². The predicted octanol–water partition coefficient (Wildman–Crippen LogP) is 2.03. The van der Waals surface area contributed by atoms with Crippen LogP contribution in [0.5, 0.6) is 0 Å². The van der Waals surface area contributed by atoms with Crippen molar-refractivity contribution in [2.24, 2.45) is 0 Å². The number of rotatable bonds is 4. The minimum Gasteiger partial charge on any atom is -0.302 e. The summed E-state index contributed by atoms with van der Waals surface area (Å²) in [5.41, 5.74) is 1.38. The molecule has 2 heterocycles. The van der Waals surface area contributed by atoms with E-state index in [4.69, 9.17) is 0 Å². The van der Waals surface area contributed by atoms with Crippen molar-refractivity contribution in [2.45, 2.75) is 19.8 Å². The molecule has 0 N–H and O–H groups in total. The Morgan fingerprint density at radius 3 is 2.88 bits per heavy atom. The first-order valence-corrected chi connectivity index (χ1v) is 5.29. The van der Waals surface area contributed by atoms with Gasteiger partial charge in [-0.25, -0.2) is 4.98 Å². The number of hydrogen-bond acceptors (Lipinski definition) is 3. The van der Waals surface area contributed by atoms with Gasteiger partial charge in [-0.05, 0) is 18.6 Å². The topological polar surface area (TPSA) is 47.8 Å². The highest BCUT2D eigenvalue weighted by atomic mass is 16.1. The summed E-state index contributed by atoms with van der Waals surface area (Å²) in [6.07, 6.45) is 8.09. The molecule has 0 amide bonds. The molecule has 2 aromatic rings. The molecular formula is C12H13N3O. The normalized spacial score (nSPS) is 10.3. The van der Waals surface area contributed by atoms with Crippen molar-refractivity contribution in [1.29, 1.82) is 0 Å². The van der Waals surface area contributed by atoms with Crippen LogP contribution in [0.15, 0.2) is 30.7 Å². The lowest BCUT2D eigenvalue weighted by Crippen LogP contribution is -2.01. The lowest BCUT2D eigenvalue weighted by atomic mass is 10.3. The molecule has 0 bridgehead atoms. The smallest absolute Gasteiger partial charge is 0.168 e. The Morgan fingerprint density at radius 1 is 1.38 bits per heavy atom. The second-order valence-corrected chi connectivity index (χ2v) is 3.52. The molecule has 2 aromatic heterocycles. The number of carbonyl (C=O) groups is 1. The number of aryl methyl sites for hydroxylation is 1. The SMILES string of the molecule is CCCc1nccn1-c1ccc(C=O)nc1. The maximum atomic E-state index is 10.5. The highest BCUT2D eigenvalue weighted by molar-refractivity contribution is 5.71. The predicted molar refractivity (Wildman–Crippen MR) is 60.7 cm³/mol. The molecule has 4 heteroatoms. The van der Waals surface area contributed by atoms with E-state index in [9.17, 15) is 4.79 Å². The van der Waals surface area contributed by atoms with Gasteiger partial charge in [0.1, 0.15) is 11.5 Å². The maximum absolute atomic E-state index is 10.5. The van der Waals surface area contributed by atoms with Crippen LogP contribution >= 0.6 is 0 Å². The molecular weight excluding hydrogens is 202 g/mol. The molecule has 2 rings (SSSR count). The molecule has 0 saturated carbocycles. The van der Waals surface area contributed by atoms with E-state index in [1.165, 1.54) is 0 Å². The van der Waals surface area contributed by atoms with Crippen molar-refractivity contribution in [3.63, 3.8) is 0 Å². The van der Waals surface area contributed by atoms with Gasteiger partial charge in [0.15, 0.2) is 6.29 Å². The van der Waals surface area contributed by atoms with Gasteiger partial charge in [0, 0.05) is 18.8 Å². The summed E-state index contributed by atoms with van der Waals surface area (Å²) in [5.74, 6) is 1.02. The van der Waals surface area contributed by atoms with E-state index < -0.39 is 0 Å². The minimum atomic E-state index is 0.445. The molecule has 0 spiro atoms. The van der Waals surface area contributed by atoms with Gasteiger partial charge < -0.3 is 4.57 Å². The summed E-state index contributed by atoms with van der Waals surface area (Å²) in [7, 11) is 0. The van der Waals surface area contributed by atoms with Crippen LogP contribution in [-0.2, 0) is 6.42 Å². The largest absolute Gasteiger partial charge is 0.302 e. The van der Waals surface area contributed by atoms with Crippen LogP contribution in [0.3, 0.4) is 0 Å². The summed E-state index contributed by atoms with van der Waals surface area (Å²) in [6, 6.07) is 3.58. The highest BCUT2D eigenvalue weighted by Crippen LogP contribution is 2.10. The van der Waals surface area contributed by atoms with Gasteiger partial charge in [-0.1, -0.05) is 6.92 Å². The van der Waals surface area contributed by atoms with Crippen molar-refractivity contribution >= 4 is 6.29 Å². The van der Waals surface area contributed by atoms with Gasteiger partial charge in [-0.3, -0.25) is 9.78 Å². The fourth-order valence-electron chi connectivity index (χ4n) is 1.59.